The number of hydrogen-bond donors (Lipinski definition) is 1. The van der Waals surface area contributed by atoms with E-state index in [1.807, 2.05) is 27.0 Å². The highest BCUT2D eigenvalue weighted by molar-refractivity contribution is 7.98. The van der Waals surface area contributed by atoms with Gasteiger partial charge in [0.25, 0.3) is 0 Å². The number of carbonyl (C=O) groups is 2. The van der Waals surface area contributed by atoms with E-state index in [4.69, 9.17) is 9.47 Å². The fourth-order valence-corrected chi connectivity index (χ4v) is 3.00. The summed E-state index contributed by atoms with van der Waals surface area (Å²) in [6.07, 6.45) is 2.78. The molecule has 1 aromatic rings. The van der Waals surface area contributed by atoms with Crippen molar-refractivity contribution in [3.8, 4) is 5.75 Å². The molecule has 1 fully saturated rings. The summed E-state index contributed by atoms with van der Waals surface area (Å²) in [6.45, 7) is 6.58. The van der Waals surface area contributed by atoms with Gasteiger partial charge in [-0.3, -0.25) is 0 Å². The van der Waals surface area contributed by atoms with Crippen LogP contribution in [0.4, 0.5) is 4.79 Å². The SMILES string of the molecule is CSc1ccc(C(=O)O)c(OC2CCN(C(=O)OC(C)(C)C)CC2)c1. The second-order valence-corrected chi connectivity index (χ2v) is 7.83. The van der Waals surface area contributed by atoms with Crippen molar-refractivity contribution in [3.63, 3.8) is 0 Å². The molecule has 6 nitrogen and oxygen atoms in total. The standard InChI is InChI=1S/C18H25NO5S/c1-18(2,3)24-17(22)19-9-7-12(8-10-19)23-15-11-13(25-4)5-6-14(15)16(20)21/h5-6,11-12H,7-10H2,1-4H3,(H,20,21). The Hall–Kier alpha value is -1.89. The molecule has 1 aromatic carbocycles. The van der Waals surface area contributed by atoms with E-state index in [1.165, 1.54) is 11.8 Å². The van der Waals surface area contributed by atoms with Gasteiger partial charge in [-0.05, 0) is 45.2 Å². The molecule has 0 spiro atoms. The molecule has 0 atom stereocenters. The minimum absolute atomic E-state index is 0.117. The lowest BCUT2D eigenvalue weighted by molar-refractivity contribution is 0.0126. The lowest BCUT2D eigenvalue weighted by atomic mass is 10.1. The Morgan fingerprint density at radius 3 is 2.40 bits per heavy atom. The molecule has 0 bridgehead atoms. The zero-order chi connectivity index (χ0) is 18.6. The van der Waals surface area contributed by atoms with Gasteiger partial charge in [0.1, 0.15) is 23.0 Å². The molecule has 138 valence electrons. The van der Waals surface area contributed by atoms with Crippen LogP contribution in [0.3, 0.4) is 0 Å². The van der Waals surface area contributed by atoms with E-state index in [1.54, 1.807) is 23.1 Å². The number of rotatable bonds is 4. The van der Waals surface area contributed by atoms with Gasteiger partial charge in [-0.15, -0.1) is 11.8 Å². The third kappa shape index (κ3) is 5.56. The molecule has 1 N–H and O–H groups in total. The second-order valence-electron chi connectivity index (χ2n) is 6.95. The third-order valence-electron chi connectivity index (χ3n) is 3.81. The van der Waals surface area contributed by atoms with Crippen molar-refractivity contribution in [2.24, 2.45) is 0 Å². The predicted molar refractivity (Wildman–Crippen MR) is 96.6 cm³/mol. The molecule has 1 saturated heterocycles. The maximum absolute atomic E-state index is 12.1. The molecule has 0 aliphatic carbocycles. The number of carboxylic acids is 1. The van der Waals surface area contributed by atoms with E-state index in [2.05, 4.69) is 0 Å². The first-order chi connectivity index (χ1) is 11.7. The van der Waals surface area contributed by atoms with Crippen molar-refractivity contribution >= 4 is 23.8 Å². The van der Waals surface area contributed by atoms with Gasteiger partial charge < -0.3 is 19.5 Å². The van der Waals surface area contributed by atoms with Crippen LogP contribution in [0.5, 0.6) is 5.75 Å². The number of nitrogens with zero attached hydrogens (tertiary/aromatic N) is 1. The normalized spacial score (nSPS) is 15.8. The molecule has 1 aliphatic rings. The minimum atomic E-state index is -1.01. The smallest absolute Gasteiger partial charge is 0.410 e. The Kier molecular flexibility index (Phi) is 6.21. The summed E-state index contributed by atoms with van der Waals surface area (Å²) in [4.78, 5) is 26.1. The highest BCUT2D eigenvalue weighted by atomic mass is 32.2. The van der Waals surface area contributed by atoms with Crippen LogP contribution in [0.2, 0.25) is 0 Å². The molecule has 1 heterocycles. The summed E-state index contributed by atoms with van der Waals surface area (Å²) >= 11 is 1.53. The van der Waals surface area contributed by atoms with E-state index in [-0.39, 0.29) is 17.8 Å². The zero-order valence-corrected chi connectivity index (χ0v) is 15.9. The van der Waals surface area contributed by atoms with Crippen LogP contribution in [0.15, 0.2) is 23.1 Å². The first-order valence-corrected chi connectivity index (χ1v) is 9.48. The monoisotopic (exact) mass is 367 g/mol. The van der Waals surface area contributed by atoms with Crippen molar-refractivity contribution in [3.05, 3.63) is 23.8 Å². The fraction of sp³-hybridized carbons (Fsp3) is 0.556. The molecule has 7 heteroatoms. The van der Waals surface area contributed by atoms with Gasteiger partial charge in [0.15, 0.2) is 0 Å². The molecule has 25 heavy (non-hydrogen) atoms. The molecule has 0 aromatic heterocycles. The summed E-state index contributed by atoms with van der Waals surface area (Å²) in [5.41, 5.74) is -0.355. The number of hydrogen-bond acceptors (Lipinski definition) is 5. The van der Waals surface area contributed by atoms with Crippen LogP contribution in [0, 0.1) is 0 Å². The number of likely N-dealkylation sites (tertiary alicyclic amines) is 1. The maximum Gasteiger partial charge on any atom is 0.410 e. The number of aromatic carboxylic acids is 1. The Balaban J connectivity index is 1.98. The Bertz CT molecular complexity index is 633. The van der Waals surface area contributed by atoms with E-state index in [0.29, 0.717) is 31.7 Å². The van der Waals surface area contributed by atoms with Crippen molar-refractivity contribution in [1.82, 2.24) is 4.90 Å². The quantitative estimate of drug-likeness (QED) is 0.814. The topological polar surface area (TPSA) is 76.1 Å². The van der Waals surface area contributed by atoms with Gasteiger partial charge in [0.2, 0.25) is 0 Å². The van der Waals surface area contributed by atoms with Gasteiger partial charge in [-0.25, -0.2) is 9.59 Å². The van der Waals surface area contributed by atoms with Gasteiger partial charge in [-0.1, -0.05) is 0 Å². The van der Waals surface area contributed by atoms with E-state index < -0.39 is 11.6 Å². The molecule has 1 amide bonds. The van der Waals surface area contributed by atoms with Crippen molar-refractivity contribution in [1.29, 1.82) is 0 Å². The van der Waals surface area contributed by atoms with Crippen LogP contribution in [0.1, 0.15) is 44.0 Å². The van der Waals surface area contributed by atoms with E-state index >= 15 is 0 Å². The fourth-order valence-electron chi connectivity index (χ4n) is 2.57. The summed E-state index contributed by atoms with van der Waals surface area (Å²) in [5, 5.41) is 9.33. The molecular weight excluding hydrogens is 342 g/mol. The predicted octanol–water partition coefficient (Wildman–Crippen LogP) is 3.89. The number of amides is 1. The Morgan fingerprint density at radius 1 is 1.24 bits per heavy atom. The lowest BCUT2D eigenvalue weighted by Gasteiger charge is -2.33. The van der Waals surface area contributed by atoms with Crippen molar-refractivity contribution < 1.29 is 24.2 Å². The van der Waals surface area contributed by atoms with Crippen LogP contribution >= 0.6 is 11.8 Å². The van der Waals surface area contributed by atoms with Crippen LogP contribution in [-0.2, 0) is 4.74 Å². The number of benzene rings is 1. The largest absolute Gasteiger partial charge is 0.489 e. The molecule has 2 rings (SSSR count). The maximum atomic E-state index is 12.1. The number of thioether (sulfide) groups is 1. The molecular formula is C18H25NO5S. The second kappa shape index (κ2) is 7.99. The minimum Gasteiger partial charge on any atom is -0.489 e. The number of carboxylic acid groups (broad SMARTS) is 1. The van der Waals surface area contributed by atoms with Gasteiger partial charge in [0.05, 0.1) is 0 Å². The Morgan fingerprint density at radius 2 is 1.88 bits per heavy atom. The van der Waals surface area contributed by atoms with Crippen molar-refractivity contribution in [2.75, 3.05) is 19.3 Å². The third-order valence-corrected chi connectivity index (χ3v) is 4.53. The summed E-state index contributed by atoms with van der Waals surface area (Å²) in [5.74, 6) is -0.621. The molecule has 0 radical (unpaired) electrons. The molecule has 0 saturated carbocycles. The number of piperidine rings is 1. The van der Waals surface area contributed by atoms with Gasteiger partial charge in [0, 0.05) is 30.8 Å². The summed E-state index contributed by atoms with van der Waals surface area (Å²) < 4.78 is 11.3. The average Bonchev–Trinajstić information content (AvgIpc) is 2.53. The van der Waals surface area contributed by atoms with Gasteiger partial charge >= 0.3 is 12.1 Å². The summed E-state index contributed by atoms with van der Waals surface area (Å²) in [7, 11) is 0. The van der Waals surface area contributed by atoms with Crippen LogP contribution < -0.4 is 4.74 Å². The first kappa shape index (κ1) is 19.4. The number of carbonyl (C=O) groups excluding carboxylic acids is 1. The summed E-state index contributed by atoms with van der Waals surface area (Å²) in [6, 6.07) is 5.10. The number of ether oxygens (including phenoxy) is 2. The Labute approximate surface area is 152 Å². The lowest BCUT2D eigenvalue weighted by Crippen LogP contribution is -2.44. The highest BCUT2D eigenvalue weighted by Gasteiger charge is 2.28. The first-order valence-electron chi connectivity index (χ1n) is 8.25. The molecule has 0 unspecified atom stereocenters. The molecule has 1 aliphatic heterocycles. The van der Waals surface area contributed by atoms with Gasteiger partial charge in [-0.2, -0.15) is 0 Å². The van der Waals surface area contributed by atoms with Crippen LogP contribution in [0.25, 0.3) is 0 Å². The average molecular weight is 367 g/mol. The zero-order valence-electron chi connectivity index (χ0n) is 15.1. The van der Waals surface area contributed by atoms with Crippen LogP contribution in [-0.4, -0.2) is 53.1 Å². The van der Waals surface area contributed by atoms with Crippen molar-refractivity contribution in [2.45, 2.75) is 50.2 Å². The van der Waals surface area contributed by atoms with E-state index in [0.717, 1.165) is 4.90 Å². The van der Waals surface area contributed by atoms with E-state index in [9.17, 15) is 14.7 Å². The highest BCUT2D eigenvalue weighted by Crippen LogP contribution is 2.28.